The minimum atomic E-state index is 0.748. The van der Waals surface area contributed by atoms with Crippen LogP contribution in [0.15, 0.2) is 0 Å². The van der Waals surface area contributed by atoms with Crippen molar-refractivity contribution in [1.29, 1.82) is 0 Å². The number of hydrogen-bond donors (Lipinski definition) is 1. The highest BCUT2D eigenvalue weighted by Crippen LogP contribution is 2.17. The van der Waals surface area contributed by atoms with Gasteiger partial charge in [0.05, 0.1) is 0 Å². The van der Waals surface area contributed by atoms with Gasteiger partial charge in [0.25, 0.3) is 0 Å². The van der Waals surface area contributed by atoms with Crippen molar-refractivity contribution in [3.05, 3.63) is 4.77 Å². The van der Waals surface area contributed by atoms with Gasteiger partial charge in [-0.2, -0.15) is 0 Å². The molecule has 2 heterocycles. The predicted molar refractivity (Wildman–Crippen MR) is 63.8 cm³/mol. The largest absolute Gasteiger partial charge is 0.341 e. The Balaban J connectivity index is 2.22. The highest BCUT2D eigenvalue weighted by Gasteiger charge is 2.16. The molecule has 0 bridgehead atoms. The predicted octanol–water partition coefficient (Wildman–Crippen LogP) is 2.34. The number of aromatic nitrogens is 3. The van der Waals surface area contributed by atoms with Crippen molar-refractivity contribution in [3.63, 3.8) is 0 Å². The molecule has 0 amide bonds. The molecule has 1 aliphatic rings. The lowest BCUT2D eigenvalue weighted by Gasteiger charge is -2.27. The first-order valence-electron chi connectivity index (χ1n) is 5.73. The van der Waals surface area contributed by atoms with E-state index in [2.05, 4.69) is 26.6 Å². The molecule has 2 rings (SSSR count). The Labute approximate surface area is 95.3 Å². The molecule has 15 heavy (non-hydrogen) atoms. The molecule has 1 N–H and O–H groups in total. The molecule has 4 nitrogen and oxygen atoms in total. The van der Waals surface area contributed by atoms with Crippen molar-refractivity contribution < 1.29 is 0 Å². The first-order chi connectivity index (χ1) is 7.33. The van der Waals surface area contributed by atoms with E-state index in [1.165, 1.54) is 19.3 Å². The van der Waals surface area contributed by atoms with Crippen LogP contribution in [0.1, 0.15) is 32.6 Å². The van der Waals surface area contributed by atoms with E-state index in [9.17, 15) is 0 Å². The van der Waals surface area contributed by atoms with Crippen molar-refractivity contribution in [2.75, 3.05) is 18.0 Å². The van der Waals surface area contributed by atoms with Crippen LogP contribution in [-0.4, -0.2) is 27.9 Å². The Bertz CT molecular complexity index is 362. The van der Waals surface area contributed by atoms with Crippen LogP contribution in [-0.2, 0) is 6.54 Å². The number of aromatic amines is 1. The van der Waals surface area contributed by atoms with Crippen molar-refractivity contribution in [1.82, 2.24) is 14.8 Å². The summed E-state index contributed by atoms with van der Waals surface area (Å²) < 4.78 is 2.86. The van der Waals surface area contributed by atoms with Crippen LogP contribution in [0.4, 0.5) is 5.95 Å². The summed E-state index contributed by atoms with van der Waals surface area (Å²) in [6, 6.07) is 0. The lowest BCUT2D eigenvalue weighted by molar-refractivity contribution is 0.550. The first-order valence-corrected chi connectivity index (χ1v) is 6.14. The fraction of sp³-hybridized carbons (Fsp3) is 0.800. The maximum atomic E-state index is 5.23. The zero-order valence-electron chi connectivity index (χ0n) is 9.20. The van der Waals surface area contributed by atoms with Crippen molar-refractivity contribution in [2.45, 2.75) is 39.2 Å². The second-order valence-electron chi connectivity index (χ2n) is 4.03. The molecule has 1 saturated heterocycles. The Morgan fingerprint density at radius 1 is 1.33 bits per heavy atom. The van der Waals surface area contributed by atoms with Crippen molar-refractivity contribution >= 4 is 18.2 Å². The SMILES string of the molecule is CCCn1c(N2CCCCC2)n[nH]c1=S. The van der Waals surface area contributed by atoms with Crippen LogP contribution in [0.5, 0.6) is 0 Å². The Morgan fingerprint density at radius 2 is 2.07 bits per heavy atom. The van der Waals surface area contributed by atoms with Crippen LogP contribution in [0.3, 0.4) is 0 Å². The average molecular weight is 226 g/mol. The summed E-state index contributed by atoms with van der Waals surface area (Å²) >= 11 is 5.23. The van der Waals surface area contributed by atoms with Crippen LogP contribution in [0, 0.1) is 4.77 Å². The Hall–Kier alpha value is -0.840. The number of nitrogens with zero attached hydrogens (tertiary/aromatic N) is 3. The van der Waals surface area contributed by atoms with Crippen molar-refractivity contribution in [2.24, 2.45) is 0 Å². The monoisotopic (exact) mass is 226 g/mol. The molecule has 0 spiro atoms. The van der Waals surface area contributed by atoms with Gasteiger partial charge in [-0.15, -0.1) is 5.10 Å². The van der Waals surface area contributed by atoms with Gasteiger partial charge in [0.2, 0.25) is 5.95 Å². The molecular weight excluding hydrogens is 208 g/mol. The summed E-state index contributed by atoms with van der Waals surface area (Å²) in [5.41, 5.74) is 0. The quantitative estimate of drug-likeness (QED) is 0.804. The molecule has 0 radical (unpaired) electrons. The molecule has 1 aliphatic heterocycles. The van der Waals surface area contributed by atoms with E-state index in [-0.39, 0.29) is 0 Å². The van der Waals surface area contributed by atoms with Gasteiger partial charge in [-0.25, -0.2) is 5.10 Å². The number of anilines is 1. The second kappa shape index (κ2) is 4.79. The molecule has 0 unspecified atom stereocenters. The van der Waals surface area contributed by atoms with E-state index in [1.54, 1.807) is 0 Å². The first kappa shape index (κ1) is 10.7. The lowest BCUT2D eigenvalue weighted by atomic mass is 10.1. The number of nitrogens with one attached hydrogen (secondary N) is 1. The Morgan fingerprint density at radius 3 is 2.73 bits per heavy atom. The van der Waals surface area contributed by atoms with E-state index in [0.29, 0.717) is 0 Å². The number of rotatable bonds is 3. The summed E-state index contributed by atoms with van der Waals surface area (Å²) in [5, 5.41) is 7.22. The summed E-state index contributed by atoms with van der Waals surface area (Å²) in [5.74, 6) is 1.03. The van der Waals surface area contributed by atoms with Gasteiger partial charge >= 0.3 is 0 Å². The standard InChI is InChI=1S/C10H18N4S/c1-2-6-14-9(11-12-10(14)15)13-7-4-3-5-8-13/h2-8H2,1H3,(H,12,15). The fourth-order valence-corrected chi connectivity index (χ4v) is 2.29. The number of H-pyrrole nitrogens is 1. The smallest absolute Gasteiger partial charge is 0.225 e. The maximum absolute atomic E-state index is 5.23. The van der Waals surface area contributed by atoms with E-state index in [4.69, 9.17) is 12.2 Å². The summed E-state index contributed by atoms with van der Waals surface area (Å²) in [4.78, 5) is 2.34. The van der Waals surface area contributed by atoms with Crippen molar-refractivity contribution in [3.8, 4) is 0 Å². The van der Waals surface area contributed by atoms with E-state index < -0.39 is 0 Å². The van der Waals surface area contributed by atoms with Gasteiger partial charge in [0.15, 0.2) is 4.77 Å². The molecule has 1 fully saturated rings. The zero-order chi connectivity index (χ0) is 10.7. The zero-order valence-corrected chi connectivity index (χ0v) is 10.0. The van der Waals surface area contributed by atoms with E-state index in [0.717, 1.165) is 36.8 Å². The normalized spacial score (nSPS) is 17.0. The molecule has 1 aromatic heterocycles. The molecular formula is C10H18N4S. The highest BCUT2D eigenvalue weighted by atomic mass is 32.1. The number of piperidine rings is 1. The van der Waals surface area contributed by atoms with Gasteiger partial charge in [-0.1, -0.05) is 6.92 Å². The third-order valence-electron chi connectivity index (χ3n) is 2.82. The average Bonchev–Trinajstić information content (AvgIpc) is 2.63. The third-order valence-corrected chi connectivity index (χ3v) is 3.14. The number of hydrogen-bond acceptors (Lipinski definition) is 3. The second-order valence-corrected chi connectivity index (χ2v) is 4.41. The van der Waals surface area contributed by atoms with Crippen LogP contribution in [0.2, 0.25) is 0 Å². The molecule has 0 aliphatic carbocycles. The molecule has 0 saturated carbocycles. The van der Waals surface area contributed by atoms with E-state index >= 15 is 0 Å². The van der Waals surface area contributed by atoms with Gasteiger partial charge in [0.1, 0.15) is 0 Å². The molecule has 1 aromatic rings. The highest BCUT2D eigenvalue weighted by molar-refractivity contribution is 7.71. The maximum Gasteiger partial charge on any atom is 0.225 e. The molecule has 0 aromatic carbocycles. The minimum absolute atomic E-state index is 0.748. The van der Waals surface area contributed by atoms with Gasteiger partial charge in [0, 0.05) is 19.6 Å². The van der Waals surface area contributed by atoms with Crippen LogP contribution in [0.25, 0.3) is 0 Å². The molecule has 0 atom stereocenters. The fourth-order valence-electron chi connectivity index (χ4n) is 2.07. The molecule has 84 valence electrons. The summed E-state index contributed by atoms with van der Waals surface area (Å²) in [6.07, 6.45) is 4.97. The van der Waals surface area contributed by atoms with Crippen LogP contribution >= 0.6 is 12.2 Å². The summed E-state index contributed by atoms with van der Waals surface area (Å²) in [7, 11) is 0. The van der Waals surface area contributed by atoms with Crippen LogP contribution < -0.4 is 4.90 Å². The van der Waals surface area contributed by atoms with Gasteiger partial charge in [-0.3, -0.25) is 4.57 Å². The summed E-state index contributed by atoms with van der Waals surface area (Å²) in [6.45, 7) is 5.35. The Kier molecular flexibility index (Phi) is 3.41. The topological polar surface area (TPSA) is 36.9 Å². The third kappa shape index (κ3) is 2.22. The molecule has 5 heteroatoms. The minimum Gasteiger partial charge on any atom is -0.341 e. The van der Waals surface area contributed by atoms with Gasteiger partial charge in [-0.05, 0) is 37.9 Å². The van der Waals surface area contributed by atoms with Gasteiger partial charge < -0.3 is 4.90 Å². The lowest BCUT2D eigenvalue weighted by Crippen LogP contribution is -2.32. The van der Waals surface area contributed by atoms with E-state index in [1.807, 2.05) is 0 Å².